The molecule has 2 aromatic carbocycles. The molecule has 21 heavy (non-hydrogen) atoms. The zero-order valence-electron chi connectivity index (χ0n) is 11.1. The van der Waals surface area contributed by atoms with Gasteiger partial charge in [-0.05, 0) is 45.3 Å². The molecule has 0 radical (unpaired) electrons. The van der Waals surface area contributed by atoms with Gasteiger partial charge < -0.3 is 9.84 Å². The number of hydrogen-bond donors (Lipinski definition) is 1. The lowest BCUT2D eigenvalue weighted by molar-refractivity contribution is 0.172. The van der Waals surface area contributed by atoms with E-state index < -0.39 is 11.9 Å². The highest BCUT2D eigenvalue weighted by atomic mass is 79.9. The standard InChI is InChI=1S/C16H13Br2FO2/c17-11-6-9-4-5-21-16(9)10(7-11)8-14(20)12-2-1-3-13(18)15(12)19/h1-3,6-7,14,20H,4-5,8H2. The van der Waals surface area contributed by atoms with E-state index in [-0.39, 0.29) is 5.56 Å². The minimum absolute atomic E-state index is 0.288. The van der Waals surface area contributed by atoms with Crippen molar-refractivity contribution in [1.29, 1.82) is 0 Å². The minimum Gasteiger partial charge on any atom is -0.493 e. The minimum atomic E-state index is -0.912. The van der Waals surface area contributed by atoms with Gasteiger partial charge in [0.15, 0.2) is 0 Å². The van der Waals surface area contributed by atoms with Crippen LogP contribution in [0.4, 0.5) is 4.39 Å². The molecule has 0 aliphatic carbocycles. The summed E-state index contributed by atoms with van der Waals surface area (Å²) in [7, 11) is 0. The Hall–Kier alpha value is -0.910. The van der Waals surface area contributed by atoms with Crippen molar-refractivity contribution in [1.82, 2.24) is 0 Å². The number of benzene rings is 2. The molecule has 1 aliphatic heterocycles. The first-order valence-electron chi connectivity index (χ1n) is 6.62. The first-order chi connectivity index (χ1) is 10.1. The van der Waals surface area contributed by atoms with Crippen LogP contribution in [0.1, 0.15) is 22.8 Å². The Balaban J connectivity index is 1.92. The summed E-state index contributed by atoms with van der Waals surface area (Å²) >= 11 is 6.61. The van der Waals surface area contributed by atoms with Crippen LogP contribution < -0.4 is 4.74 Å². The van der Waals surface area contributed by atoms with Crippen LogP contribution in [0.2, 0.25) is 0 Å². The van der Waals surface area contributed by atoms with E-state index in [9.17, 15) is 9.50 Å². The molecule has 0 saturated carbocycles. The molecule has 1 aliphatic rings. The molecule has 5 heteroatoms. The molecule has 1 atom stereocenters. The zero-order chi connectivity index (χ0) is 15.0. The van der Waals surface area contributed by atoms with E-state index in [1.165, 1.54) is 0 Å². The molecule has 0 bridgehead atoms. The summed E-state index contributed by atoms with van der Waals surface area (Å²) in [5, 5.41) is 10.4. The van der Waals surface area contributed by atoms with Crippen molar-refractivity contribution in [3.05, 3.63) is 61.8 Å². The Morgan fingerprint density at radius 2 is 2.10 bits per heavy atom. The van der Waals surface area contributed by atoms with Crippen molar-refractivity contribution >= 4 is 31.9 Å². The first-order valence-corrected chi connectivity index (χ1v) is 8.21. The molecule has 2 nitrogen and oxygen atoms in total. The number of rotatable bonds is 3. The molecule has 2 aromatic rings. The van der Waals surface area contributed by atoms with Gasteiger partial charge in [0.05, 0.1) is 17.2 Å². The van der Waals surface area contributed by atoms with Crippen LogP contribution in [-0.4, -0.2) is 11.7 Å². The van der Waals surface area contributed by atoms with E-state index in [0.29, 0.717) is 17.5 Å². The molecule has 0 fully saturated rings. The Labute approximate surface area is 139 Å². The summed E-state index contributed by atoms with van der Waals surface area (Å²) in [6, 6.07) is 8.88. The van der Waals surface area contributed by atoms with Gasteiger partial charge in [0.25, 0.3) is 0 Å². The summed E-state index contributed by atoms with van der Waals surface area (Å²) in [6.45, 7) is 0.653. The van der Waals surface area contributed by atoms with Gasteiger partial charge in [-0.3, -0.25) is 0 Å². The summed E-state index contributed by atoms with van der Waals surface area (Å²) in [5.74, 6) is 0.408. The Morgan fingerprint density at radius 1 is 1.29 bits per heavy atom. The lowest BCUT2D eigenvalue weighted by Crippen LogP contribution is -2.06. The van der Waals surface area contributed by atoms with E-state index >= 15 is 0 Å². The van der Waals surface area contributed by atoms with E-state index in [4.69, 9.17) is 4.74 Å². The highest BCUT2D eigenvalue weighted by Crippen LogP contribution is 2.36. The van der Waals surface area contributed by atoms with Crippen LogP contribution in [0.15, 0.2) is 39.3 Å². The average molecular weight is 416 g/mol. The number of aliphatic hydroxyl groups excluding tert-OH is 1. The third-order valence-electron chi connectivity index (χ3n) is 3.58. The largest absolute Gasteiger partial charge is 0.493 e. The van der Waals surface area contributed by atoms with Crippen molar-refractivity contribution in [2.24, 2.45) is 0 Å². The van der Waals surface area contributed by atoms with Crippen LogP contribution in [-0.2, 0) is 12.8 Å². The molecule has 3 rings (SSSR count). The maximum absolute atomic E-state index is 14.1. The zero-order valence-corrected chi connectivity index (χ0v) is 14.2. The fourth-order valence-corrected chi connectivity index (χ4v) is 3.53. The highest BCUT2D eigenvalue weighted by molar-refractivity contribution is 9.10. The Kier molecular flexibility index (Phi) is 4.33. The smallest absolute Gasteiger partial charge is 0.143 e. The van der Waals surface area contributed by atoms with Crippen LogP contribution in [0.3, 0.4) is 0 Å². The Morgan fingerprint density at radius 3 is 2.90 bits per heavy atom. The summed E-state index contributed by atoms with van der Waals surface area (Å²) in [4.78, 5) is 0. The summed E-state index contributed by atoms with van der Waals surface area (Å²) < 4.78 is 21.0. The average Bonchev–Trinajstić information content (AvgIpc) is 2.90. The number of hydrogen-bond acceptors (Lipinski definition) is 2. The summed E-state index contributed by atoms with van der Waals surface area (Å²) in [5.41, 5.74) is 2.31. The molecular formula is C16H13Br2FO2. The van der Waals surface area contributed by atoms with Gasteiger partial charge in [0.1, 0.15) is 11.6 Å². The van der Waals surface area contributed by atoms with Crippen molar-refractivity contribution in [3.8, 4) is 5.75 Å². The van der Waals surface area contributed by atoms with E-state index in [0.717, 1.165) is 27.8 Å². The number of fused-ring (bicyclic) bond motifs is 1. The number of ether oxygens (including phenoxy) is 1. The normalized spacial score (nSPS) is 14.7. The van der Waals surface area contributed by atoms with Gasteiger partial charge >= 0.3 is 0 Å². The van der Waals surface area contributed by atoms with Crippen LogP contribution in [0.25, 0.3) is 0 Å². The molecule has 0 amide bonds. The van der Waals surface area contributed by atoms with Gasteiger partial charge in [-0.2, -0.15) is 0 Å². The molecule has 0 saturated heterocycles. The maximum atomic E-state index is 14.1. The van der Waals surface area contributed by atoms with Gasteiger partial charge in [-0.25, -0.2) is 4.39 Å². The van der Waals surface area contributed by atoms with E-state index in [2.05, 4.69) is 31.9 Å². The second kappa shape index (κ2) is 6.07. The topological polar surface area (TPSA) is 29.5 Å². The monoisotopic (exact) mass is 414 g/mol. The van der Waals surface area contributed by atoms with Gasteiger partial charge in [-0.15, -0.1) is 0 Å². The summed E-state index contributed by atoms with van der Waals surface area (Å²) in [6.07, 6.45) is 0.267. The predicted molar refractivity (Wildman–Crippen MR) is 86.1 cm³/mol. The van der Waals surface area contributed by atoms with Gasteiger partial charge in [0.2, 0.25) is 0 Å². The van der Waals surface area contributed by atoms with Crippen LogP contribution in [0, 0.1) is 5.82 Å². The molecule has 1 unspecified atom stereocenters. The van der Waals surface area contributed by atoms with E-state index in [1.807, 2.05) is 12.1 Å². The third-order valence-corrected chi connectivity index (χ3v) is 4.65. The van der Waals surface area contributed by atoms with Crippen LogP contribution in [0.5, 0.6) is 5.75 Å². The predicted octanol–water partition coefficient (Wildman–Crippen LogP) is 4.56. The number of aliphatic hydroxyl groups is 1. The lowest BCUT2D eigenvalue weighted by Gasteiger charge is -2.15. The third kappa shape index (κ3) is 3.00. The molecule has 1 N–H and O–H groups in total. The molecular weight excluding hydrogens is 403 g/mol. The lowest BCUT2D eigenvalue weighted by atomic mass is 9.98. The SMILES string of the molecule is OC(Cc1cc(Br)cc2c1OCC2)c1cccc(Br)c1F. The quantitative estimate of drug-likeness (QED) is 0.796. The van der Waals surface area contributed by atoms with Gasteiger partial charge in [0, 0.05) is 22.9 Å². The van der Waals surface area contributed by atoms with E-state index in [1.54, 1.807) is 18.2 Å². The van der Waals surface area contributed by atoms with Crippen molar-refractivity contribution in [2.75, 3.05) is 6.61 Å². The Bertz CT molecular complexity index is 688. The molecule has 1 heterocycles. The second-order valence-corrected chi connectivity index (χ2v) is 6.78. The van der Waals surface area contributed by atoms with Crippen molar-refractivity contribution in [3.63, 3.8) is 0 Å². The molecule has 0 spiro atoms. The van der Waals surface area contributed by atoms with Crippen molar-refractivity contribution in [2.45, 2.75) is 18.9 Å². The second-order valence-electron chi connectivity index (χ2n) is 5.01. The molecule has 110 valence electrons. The maximum Gasteiger partial charge on any atom is 0.143 e. The number of halogens is 3. The fourth-order valence-electron chi connectivity index (χ4n) is 2.59. The fraction of sp³-hybridized carbons (Fsp3) is 0.250. The van der Waals surface area contributed by atoms with Crippen LogP contribution >= 0.6 is 31.9 Å². The van der Waals surface area contributed by atoms with Gasteiger partial charge in [-0.1, -0.05) is 28.1 Å². The van der Waals surface area contributed by atoms with Crippen molar-refractivity contribution < 1.29 is 14.2 Å². The first kappa shape index (κ1) is 15.0. The highest BCUT2D eigenvalue weighted by Gasteiger charge is 2.22. The molecule has 0 aromatic heterocycles.